The molecule has 0 aromatic heterocycles. The van der Waals surface area contributed by atoms with Gasteiger partial charge in [0.25, 0.3) is 11.6 Å². The number of nitrogens with zero attached hydrogens (tertiary/aromatic N) is 2. The number of halogens is 1. The van der Waals surface area contributed by atoms with Gasteiger partial charge >= 0.3 is 5.97 Å². The van der Waals surface area contributed by atoms with Gasteiger partial charge in [0.05, 0.1) is 37.9 Å². The van der Waals surface area contributed by atoms with Crippen LogP contribution >= 0.6 is 11.6 Å². The SMILES string of the molecule is COC(=O)c1ccc(OC[C@H]2c3cc(OC)c(OC)cc3CCN2C(=O)c2cc(Cl)ccc2[N+](=O)[O-])cc1. The molecular weight excluding hydrogens is 516 g/mol. The van der Waals surface area contributed by atoms with Crippen LogP contribution in [0.5, 0.6) is 17.2 Å². The number of ether oxygens (including phenoxy) is 4. The van der Waals surface area contributed by atoms with Crippen LogP contribution in [-0.4, -0.2) is 56.2 Å². The van der Waals surface area contributed by atoms with Gasteiger partial charge in [0.15, 0.2) is 11.5 Å². The van der Waals surface area contributed by atoms with Crippen molar-refractivity contribution < 1.29 is 33.5 Å². The summed E-state index contributed by atoms with van der Waals surface area (Å²) in [6.45, 7) is 0.306. The molecular formula is C27H25ClN2O8. The summed E-state index contributed by atoms with van der Waals surface area (Å²) < 4.78 is 21.7. The number of nitro benzene ring substituents is 1. The average Bonchev–Trinajstić information content (AvgIpc) is 2.94. The van der Waals surface area contributed by atoms with Crippen molar-refractivity contribution >= 4 is 29.2 Å². The number of esters is 1. The van der Waals surface area contributed by atoms with Crippen molar-refractivity contribution in [2.45, 2.75) is 12.5 Å². The Morgan fingerprint density at radius 1 is 1.03 bits per heavy atom. The maximum absolute atomic E-state index is 13.7. The first kappa shape index (κ1) is 26.7. The molecule has 0 N–H and O–H groups in total. The lowest BCUT2D eigenvalue weighted by atomic mass is 9.91. The number of amides is 1. The molecule has 0 fully saturated rings. The molecule has 0 saturated heterocycles. The van der Waals surface area contributed by atoms with Crippen molar-refractivity contribution in [3.63, 3.8) is 0 Å². The van der Waals surface area contributed by atoms with Crippen molar-refractivity contribution in [2.24, 2.45) is 0 Å². The standard InChI is InChI=1S/C27H25ClN2O8/c1-35-24-12-17-10-11-29(26(31)21-13-18(28)6-9-22(21)30(33)34)23(20(17)14-25(24)36-2)15-38-19-7-4-16(5-8-19)27(32)37-3/h4-9,12-14,23H,10-11,15H2,1-3H3/t23-/m0/s1. The highest BCUT2D eigenvalue weighted by Gasteiger charge is 2.36. The number of hydrogen-bond donors (Lipinski definition) is 0. The molecule has 1 amide bonds. The van der Waals surface area contributed by atoms with Gasteiger partial charge in [0.1, 0.15) is 17.9 Å². The number of hydrogen-bond acceptors (Lipinski definition) is 8. The van der Waals surface area contributed by atoms with E-state index in [2.05, 4.69) is 0 Å². The molecule has 3 aromatic rings. The van der Waals surface area contributed by atoms with Gasteiger partial charge in [-0.15, -0.1) is 0 Å². The second-order valence-corrected chi connectivity index (χ2v) is 8.85. The molecule has 0 saturated carbocycles. The van der Waals surface area contributed by atoms with E-state index in [1.54, 1.807) is 37.4 Å². The van der Waals surface area contributed by atoms with Crippen molar-refractivity contribution in [3.8, 4) is 17.2 Å². The Morgan fingerprint density at radius 2 is 1.71 bits per heavy atom. The molecule has 1 heterocycles. The quantitative estimate of drug-likeness (QED) is 0.225. The number of methoxy groups -OCH3 is 3. The molecule has 4 rings (SSSR count). The smallest absolute Gasteiger partial charge is 0.337 e. The summed E-state index contributed by atoms with van der Waals surface area (Å²) in [6.07, 6.45) is 0.486. The molecule has 38 heavy (non-hydrogen) atoms. The number of nitro groups is 1. The van der Waals surface area contributed by atoms with Gasteiger partial charge in [0.2, 0.25) is 0 Å². The predicted octanol–water partition coefficient (Wildman–Crippen LogP) is 4.87. The molecule has 0 unspecified atom stereocenters. The third-order valence-corrected chi connectivity index (χ3v) is 6.57. The maximum atomic E-state index is 13.7. The third-order valence-electron chi connectivity index (χ3n) is 6.33. The Labute approximate surface area is 223 Å². The van der Waals surface area contributed by atoms with Gasteiger partial charge in [-0.25, -0.2) is 4.79 Å². The maximum Gasteiger partial charge on any atom is 0.337 e. The van der Waals surface area contributed by atoms with Crippen molar-refractivity contribution in [3.05, 3.63) is 92.0 Å². The second kappa shape index (κ2) is 11.4. The minimum Gasteiger partial charge on any atom is -0.493 e. The first-order valence-electron chi connectivity index (χ1n) is 11.6. The van der Waals surface area contributed by atoms with Crippen molar-refractivity contribution in [1.82, 2.24) is 4.90 Å². The van der Waals surface area contributed by atoms with Gasteiger partial charge in [-0.05, 0) is 66.1 Å². The molecule has 10 nitrogen and oxygen atoms in total. The summed E-state index contributed by atoms with van der Waals surface area (Å²) in [5.74, 6) is 0.468. The van der Waals surface area contributed by atoms with Crippen LogP contribution in [0.4, 0.5) is 5.69 Å². The first-order chi connectivity index (χ1) is 18.3. The normalized spacial score (nSPS) is 14.3. The average molecular weight is 541 g/mol. The van der Waals surface area contributed by atoms with Crippen molar-refractivity contribution in [2.75, 3.05) is 34.5 Å². The van der Waals surface area contributed by atoms with Crippen LogP contribution in [0.3, 0.4) is 0 Å². The molecule has 1 aliphatic rings. The summed E-state index contributed by atoms with van der Waals surface area (Å²) in [5.41, 5.74) is 1.61. The molecule has 11 heteroatoms. The molecule has 0 radical (unpaired) electrons. The Bertz CT molecular complexity index is 1380. The molecule has 1 aliphatic heterocycles. The van der Waals surface area contributed by atoms with E-state index in [1.807, 2.05) is 6.07 Å². The highest BCUT2D eigenvalue weighted by molar-refractivity contribution is 6.31. The van der Waals surface area contributed by atoms with E-state index in [4.69, 9.17) is 30.5 Å². The molecule has 3 aromatic carbocycles. The van der Waals surface area contributed by atoms with Crippen LogP contribution in [-0.2, 0) is 11.2 Å². The predicted molar refractivity (Wildman–Crippen MR) is 138 cm³/mol. The van der Waals surface area contributed by atoms with Crippen molar-refractivity contribution in [1.29, 1.82) is 0 Å². The lowest BCUT2D eigenvalue weighted by molar-refractivity contribution is -0.385. The zero-order valence-electron chi connectivity index (χ0n) is 20.9. The fourth-order valence-electron chi connectivity index (χ4n) is 4.42. The minimum absolute atomic E-state index is 0.0279. The molecule has 1 atom stereocenters. The fourth-order valence-corrected chi connectivity index (χ4v) is 4.60. The highest BCUT2D eigenvalue weighted by atomic mass is 35.5. The van der Waals surface area contributed by atoms with E-state index in [0.29, 0.717) is 29.2 Å². The van der Waals surface area contributed by atoms with Gasteiger partial charge in [0, 0.05) is 17.6 Å². The van der Waals surface area contributed by atoms with Crippen LogP contribution in [0.2, 0.25) is 5.02 Å². The fraction of sp³-hybridized carbons (Fsp3) is 0.259. The van der Waals surface area contributed by atoms with E-state index in [1.165, 1.54) is 37.3 Å². The van der Waals surface area contributed by atoms with Gasteiger partial charge in [-0.3, -0.25) is 14.9 Å². The van der Waals surface area contributed by atoms with E-state index in [-0.39, 0.29) is 29.4 Å². The van der Waals surface area contributed by atoms with E-state index >= 15 is 0 Å². The largest absolute Gasteiger partial charge is 0.493 e. The van der Waals surface area contributed by atoms with E-state index in [0.717, 1.165) is 11.1 Å². The number of carbonyl (C=O) groups excluding carboxylic acids is 2. The van der Waals surface area contributed by atoms with Gasteiger partial charge in [-0.2, -0.15) is 0 Å². The monoisotopic (exact) mass is 540 g/mol. The van der Waals surface area contributed by atoms with E-state index < -0.39 is 22.8 Å². The van der Waals surface area contributed by atoms with Gasteiger partial charge < -0.3 is 23.8 Å². The Balaban J connectivity index is 1.72. The summed E-state index contributed by atoms with van der Waals surface area (Å²) in [6, 6.07) is 13.3. The lowest BCUT2D eigenvalue weighted by Crippen LogP contribution is -2.42. The van der Waals surface area contributed by atoms with Crippen LogP contribution in [0.15, 0.2) is 54.6 Å². The topological polar surface area (TPSA) is 117 Å². The third kappa shape index (κ3) is 5.35. The Kier molecular flexibility index (Phi) is 8.02. The number of fused-ring (bicyclic) bond motifs is 1. The zero-order chi connectivity index (χ0) is 27.4. The van der Waals surface area contributed by atoms with Crippen LogP contribution in [0.1, 0.15) is 37.9 Å². The van der Waals surface area contributed by atoms with E-state index in [9.17, 15) is 19.7 Å². The Hall–Kier alpha value is -4.31. The summed E-state index contributed by atoms with van der Waals surface area (Å²) in [5, 5.41) is 11.9. The number of carbonyl (C=O) groups is 2. The molecule has 0 bridgehead atoms. The minimum atomic E-state index is -0.620. The Morgan fingerprint density at radius 3 is 2.34 bits per heavy atom. The summed E-state index contributed by atoms with van der Waals surface area (Å²) in [4.78, 5) is 38.1. The molecule has 0 aliphatic carbocycles. The highest BCUT2D eigenvalue weighted by Crippen LogP contribution is 2.39. The number of rotatable bonds is 8. The summed E-state index contributed by atoms with van der Waals surface area (Å²) in [7, 11) is 4.35. The van der Waals surface area contributed by atoms with Gasteiger partial charge in [-0.1, -0.05) is 11.6 Å². The lowest BCUT2D eigenvalue weighted by Gasteiger charge is -2.37. The summed E-state index contributed by atoms with van der Waals surface area (Å²) >= 11 is 6.10. The number of benzene rings is 3. The zero-order valence-corrected chi connectivity index (χ0v) is 21.7. The van der Waals surface area contributed by atoms with Crippen LogP contribution < -0.4 is 14.2 Å². The molecule has 0 spiro atoms. The van der Waals surface area contributed by atoms with Crippen LogP contribution in [0.25, 0.3) is 0 Å². The van der Waals surface area contributed by atoms with Crippen LogP contribution in [0, 0.1) is 10.1 Å². The molecule has 198 valence electrons. The first-order valence-corrected chi connectivity index (χ1v) is 12.0. The second-order valence-electron chi connectivity index (χ2n) is 8.42.